The van der Waals surface area contributed by atoms with Gasteiger partial charge in [-0.15, -0.1) is 0 Å². The van der Waals surface area contributed by atoms with Crippen molar-refractivity contribution in [3.8, 4) is 0 Å². The Morgan fingerprint density at radius 2 is 1.95 bits per heavy atom. The van der Waals surface area contributed by atoms with Gasteiger partial charge in [0.15, 0.2) is 0 Å². The van der Waals surface area contributed by atoms with Gasteiger partial charge in [0.25, 0.3) is 0 Å². The lowest BCUT2D eigenvalue weighted by Crippen LogP contribution is -2.23. The number of nitrogens with zero attached hydrogens (tertiary/aromatic N) is 1. The van der Waals surface area contributed by atoms with Gasteiger partial charge in [-0.2, -0.15) is 0 Å². The average molecular weight is 255 g/mol. The first kappa shape index (κ1) is 13.1. The minimum atomic E-state index is -0.0436. The summed E-state index contributed by atoms with van der Waals surface area (Å²) in [6, 6.07) is 13.6. The lowest BCUT2D eigenvalue weighted by atomic mass is 10.2. The van der Waals surface area contributed by atoms with Crippen LogP contribution in [-0.2, 0) is 11.3 Å². The molecule has 0 saturated carbocycles. The van der Waals surface area contributed by atoms with Gasteiger partial charge in [0.05, 0.1) is 0 Å². The van der Waals surface area contributed by atoms with E-state index in [0.29, 0.717) is 12.3 Å². The number of benzene rings is 1. The molecule has 1 heterocycles. The van der Waals surface area contributed by atoms with Crippen molar-refractivity contribution < 1.29 is 9.21 Å². The van der Waals surface area contributed by atoms with Crippen molar-refractivity contribution in [1.29, 1.82) is 0 Å². The first-order chi connectivity index (χ1) is 9.15. The topological polar surface area (TPSA) is 33.5 Å². The van der Waals surface area contributed by atoms with Crippen molar-refractivity contribution in [1.82, 2.24) is 4.90 Å². The number of likely N-dealkylation sites (N-methyl/N-ethyl adjacent to an activating group) is 1. The fraction of sp³-hybridized carbons (Fsp3) is 0.188. The summed E-state index contributed by atoms with van der Waals surface area (Å²) < 4.78 is 5.37. The molecule has 0 atom stereocenters. The van der Waals surface area contributed by atoms with Crippen LogP contribution in [0.15, 0.2) is 53.0 Å². The van der Waals surface area contributed by atoms with E-state index in [1.807, 2.05) is 49.4 Å². The predicted octanol–water partition coefficient (Wildman–Crippen LogP) is 3.26. The van der Waals surface area contributed by atoms with Gasteiger partial charge in [-0.3, -0.25) is 4.79 Å². The van der Waals surface area contributed by atoms with Crippen LogP contribution in [0.4, 0.5) is 0 Å². The zero-order valence-corrected chi connectivity index (χ0v) is 11.2. The number of amides is 1. The van der Waals surface area contributed by atoms with Crippen molar-refractivity contribution >= 4 is 12.0 Å². The van der Waals surface area contributed by atoms with Crippen LogP contribution >= 0.6 is 0 Å². The number of aryl methyl sites for hydroxylation is 1. The highest BCUT2D eigenvalue weighted by atomic mass is 16.3. The van der Waals surface area contributed by atoms with Crippen LogP contribution in [0, 0.1) is 6.92 Å². The number of carbonyl (C=O) groups is 1. The molecule has 3 nitrogen and oxygen atoms in total. The summed E-state index contributed by atoms with van der Waals surface area (Å²) >= 11 is 0. The molecule has 0 radical (unpaired) electrons. The number of hydrogen-bond acceptors (Lipinski definition) is 2. The molecule has 0 unspecified atom stereocenters. The number of rotatable bonds is 4. The normalized spacial score (nSPS) is 10.8. The molecule has 0 aliphatic carbocycles. The maximum atomic E-state index is 11.9. The Hall–Kier alpha value is -2.29. The molecule has 19 heavy (non-hydrogen) atoms. The van der Waals surface area contributed by atoms with E-state index < -0.39 is 0 Å². The van der Waals surface area contributed by atoms with Crippen LogP contribution in [0.2, 0.25) is 0 Å². The lowest BCUT2D eigenvalue weighted by molar-refractivity contribution is -0.125. The fourth-order valence-electron chi connectivity index (χ4n) is 1.76. The van der Waals surface area contributed by atoms with E-state index in [1.54, 1.807) is 18.0 Å². The molecule has 1 aromatic heterocycles. The van der Waals surface area contributed by atoms with Gasteiger partial charge in [-0.1, -0.05) is 30.3 Å². The largest absolute Gasteiger partial charge is 0.462 e. The molecular formula is C16H17NO2. The highest BCUT2D eigenvalue weighted by Gasteiger charge is 2.05. The third-order valence-electron chi connectivity index (χ3n) is 2.79. The quantitative estimate of drug-likeness (QED) is 0.786. The summed E-state index contributed by atoms with van der Waals surface area (Å²) in [5.74, 6) is 1.49. The van der Waals surface area contributed by atoms with E-state index in [1.165, 1.54) is 6.08 Å². The molecule has 0 N–H and O–H groups in total. The first-order valence-corrected chi connectivity index (χ1v) is 6.19. The Morgan fingerprint density at radius 1 is 1.21 bits per heavy atom. The molecule has 0 spiro atoms. The zero-order chi connectivity index (χ0) is 13.7. The predicted molar refractivity (Wildman–Crippen MR) is 75.4 cm³/mol. The van der Waals surface area contributed by atoms with Crippen molar-refractivity contribution in [3.05, 3.63) is 65.6 Å². The molecule has 3 heteroatoms. The van der Waals surface area contributed by atoms with E-state index in [2.05, 4.69) is 0 Å². The summed E-state index contributed by atoms with van der Waals surface area (Å²) in [4.78, 5) is 13.6. The second-order valence-electron chi connectivity index (χ2n) is 4.46. The summed E-state index contributed by atoms with van der Waals surface area (Å²) in [5, 5.41) is 0. The van der Waals surface area contributed by atoms with Gasteiger partial charge >= 0.3 is 0 Å². The van der Waals surface area contributed by atoms with Gasteiger partial charge in [0.2, 0.25) is 5.91 Å². The fourth-order valence-corrected chi connectivity index (χ4v) is 1.76. The number of furan rings is 1. The molecule has 1 amide bonds. The Morgan fingerprint density at radius 3 is 2.58 bits per heavy atom. The average Bonchev–Trinajstić information content (AvgIpc) is 2.83. The highest BCUT2D eigenvalue weighted by molar-refractivity contribution is 5.91. The first-order valence-electron chi connectivity index (χ1n) is 6.19. The summed E-state index contributed by atoms with van der Waals surface area (Å²) in [6.45, 7) is 2.47. The standard InChI is InChI=1S/C16H17NO2/c1-13-8-9-15(19-13)10-11-16(18)17(2)12-14-6-4-3-5-7-14/h3-11H,12H2,1-2H3. The Labute approximate surface area is 113 Å². The van der Waals surface area contributed by atoms with Crippen molar-refractivity contribution in [2.75, 3.05) is 7.05 Å². The zero-order valence-electron chi connectivity index (χ0n) is 11.2. The molecule has 2 rings (SSSR count). The minimum absolute atomic E-state index is 0.0436. The molecule has 0 saturated heterocycles. The van der Waals surface area contributed by atoms with Crippen LogP contribution < -0.4 is 0 Å². The van der Waals surface area contributed by atoms with E-state index in [9.17, 15) is 4.79 Å². The molecule has 0 aliphatic heterocycles. The molecule has 98 valence electrons. The van der Waals surface area contributed by atoms with Crippen LogP contribution in [0.25, 0.3) is 6.08 Å². The van der Waals surface area contributed by atoms with Crippen molar-refractivity contribution in [2.45, 2.75) is 13.5 Å². The summed E-state index contributed by atoms with van der Waals surface area (Å²) in [6.07, 6.45) is 3.22. The van der Waals surface area contributed by atoms with E-state index in [-0.39, 0.29) is 5.91 Å². The van der Waals surface area contributed by atoms with Gasteiger partial charge in [-0.25, -0.2) is 0 Å². The van der Waals surface area contributed by atoms with E-state index >= 15 is 0 Å². The van der Waals surface area contributed by atoms with E-state index in [0.717, 1.165) is 11.3 Å². The monoisotopic (exact) mass is 255 g/mol. The molecule has 1 aromatic carbocycles. The number of hydrogen-bond donors (Lipinski definition) is 0. The van der Waals surface area contributed by atoms with E-state index in [4.69, 9.17) is 4.42 Å². The minimum Gasteiger partial charge on any atom is -0.462 e. The third kappa shape index (κ3) is 3.85. The highest BCUT2D eigenvalue weighted by Crippen LogP contribution is 2.09. The molecule has 0 aliphatic rings. The lowest BCUT2D eigenvalue weighted by Gasteiger charge is -2.14. The SMILES string of the molecule is Cc1ccc(C=CC(=O)N(C)Cc2ccccc2)o1. The van der Waals surface area contributed by atoms with Crippen LogP contribution in [0.1, 0.15) is 17.1 Å². The summed E-state index contributed by atoms with van der Waals surface area (Å²) in [7, 11) is 1.78. The summed E-state index contributed by atoms with van der Waals surface area (Å²) in [5.41, 5.74) is 1.11. The maximum absolute atomic E-state index is 11.9. The Bertz CT molecular complexity index is 569. The van der Waals surface area contributed by atoms with Crippen molar-refractivity contribution in [2.24, 2.45) is 0 Å². The van der Waals surface area contributed by atoms with Crippen LogP contribution in [0.3, 0.4) is 0 Å². The van der Waals surface area contributed by atoms with Gasteiger partial charge in [0.1, 0.15) is 11.5 Å². The second kappa shape index (κ2) is 6.05. The van der Waals surface area contributed by atoms with Crippen LogP contribution in [0.5, 0.6) is 0 Å². The second-order valence-corrected chi connectivity index (χ2v) is 4.46. The Balaban J connectivity index is 1.94. The third-order valence-corrected chi connectivity index (χ3v) is 2.79. The molecule has 2 aromatic rings. The Kier molecular flexibility index (Phi) is 4.18. The molecule has 0 bridgehead atoms. The smallest absolute Gasteiger partial charge is 0.246 e. The van der Waals surface area contributed by atoms with Gasteiger partial charge < -0.3 is 9.32 Å². The number of carbonyl (C=O) groups excluding carboxylic acids is 1. The van der Waals surface area contributed by atoms with Gasteiger partial charge in [-0.05, 0) is 30.7 Å². The molecule has 0 fully saturated rings. The van der Waals surface area contributed by atoms with Crippen LogP contribution in [-0.4, -0.2) is 17.9 Å². The maximum Gasteiger partial charge on any atom is 0.246 e. The van der Waals surface area contributed by atoms with Gasteiger partial charge in [0, 0.05) is 19.7 Å². The molecular weight excluding hydrogens is 238 g/mol. The van der Waals surface area contributed by atoms with Crippen molar-refractivity contribution in [3.63, 3.8) is 0 Å².